The second kappa shape index (κ2) is 5.46. The first-order valence-electron chi connectivity index (χ1n) is 6.14. The lowest BCUT2D eigenvalue weighted by Gasteiger charge is -2.43. The van der Waals surface area contributed by atoms with Gasteiger partial charge in [0.05, 0.1) is 6.61 Å². The average molecular weight is 249 g/mol. The Morgan fingerprint density at radius 1 is 1.56 bits per heavy atom. The van der Waals surface area contributed by atoms with Crippen LogP contribution in [0.3, 0.4) is 0 Å². The first kappa shape index (κ1) is 13.0. The molecule has 0 aliphatic carbocycles. The second-order valence-corrected chi connectivity index (χ2v) is 4.80. The molecule has 0 radical (unpaired) electrons. The molecule has 0 aromatic carbocycles. The van der Waals surface area contributed by atoms with Crippen molar-refractivity contribution in [1.82, 2.24) is 14.8 Å². The molecule has 1 saturated heterocycles. The fraction of sp³-hybridized carbons (Fsp3) is 0.538. The van der Waals surface area contributed by atoms with E-state index < -0.39 is 6.04 Å². The summed E-state index contributed by atoms with van der Waals surface area (Å²) in [5.41, 5.74) is 1.06. The number of amides is 1. The predicted octanol–water partition coefficient (Wildman–Crippen LogP) is 0.105. The Morgan fingerprint density at radius 3 is 2.94 bits per heavy atom. The minimum atomic E-state index is -0.445. The number of piperazine rings is 1. The number of nitrogens with zero attached hydrogens (tertiary/aromatic N) is 3. The van der Waals surface area contributed by atoms with Crippen molar-refractivity contribution >= 4 is 5.91 Å². The fourth-order valence-corrected chi connectivity index (χ4v) is 2.45. The Bertz CT molecular complexity index is 410. The maximum absolute atomic E-state index is 12.0. The number of hydrogen-bond donors (Lipinski definition) is 1. The van der Waals surface area contributed by atoms with Crippen molar-refractivity contribution in [3.8, 4) is 0 Å². The minimum Gasteiger partial charge on any atom is -0.394 e. The van der Waals surface area contributed by atoms with E-state index in [4.69, 9.17) is 0 Å². The SMILES string of the molecule is CC1CN(C)C(=O)C(CO)N1Cc1cccnc1. The zero-order valence-corrected chi connectivity index (χ0v) is 10.8. The Morgan fingerprint density at radius 2 is 2.33 bits per heavy atom. The summed E-state index contributed by atoms with van der Waals surface area (Å²) in [6.07, 6.45) is 3.52. The lowest BCUT2D eigenvalue weighted by molar-refractivity contribution is -0.145. The molecule has 98 valence electrons. The van der Waals surface area contributed by atoms with E-state index >= 15 is 0 Å². The van der Waals surface area contributed by atoms with Gasteiger partial charge in [-0.25, -0.2) is 0 Å². The summed E-state index contributed by atoms with van der Waals surface area (Å²) in [6, 6.07) is 3.65. The van der Waals surface area contributed by atoms with Gasteiger partial charge in [-0.3, -0.25) is 14.7 Å². The molecule has 1 aromatic rings. The van der Waals surface area contributed by atoms with Gasteiger partial charge >= 0.3 is 0 Å². The molecule has 5 heteroatoms. The molecule has 2 heterocycles. The molecule has 1 amide bonds. The van der Waals surface area contributed by atoms with Crippen molar-refractivity contribution in [2.24, 2.45) is 0 Å². The van der Waals surface area contributed by atoms with Gasteiger partial charge in [-0.2, -0.15) is 0 Å². The first-order chi connectivity index (χ1) is 8.63. The van der Waals surface area contributed by atoms with Gasteiger partial charge in [0, 0.05) is 38.6 Å². The Balaban J connectivity index is 2.16. The maximum Gasteiger partial charge on any atom is 0.242 e. The molecule has 2 atom stereocenters. The lowest BCUT2D eigenvalue weighted by Crippen LogP contribution is -2.60. The summed E-state index contributed by atoms with van der Waals surface area (Å²) in [6.45, 7) is 3.26. The van der Waals surface area contributed by atoms with Crippen LogP contribution in [0, 0.1) is 0 Å². The van der Waals surface area contributed by atoms with Crippen molar-refractivity contribution in [3.05, 3.63) is 30.1 Å². The van der Waals surface area contributed by atoms with Crippen LogP contribution in [0.25, 0.3) is 0 Å². The summed E-state index contributed by atoms with van der Waals surface area (Å²) in [5, 5.41) is 9.44. The van der Waals surface area contributed by atoms with Crippen LogP contribution in [0.4, 0.5) is 0 Å². The van der Waals surface area contributed by atoms with Crippen molar-refractivity contribution in [2.45, 2.75) is 25.6 Å². The number of pyridine rings is 1. The number of carbonyl (C=O) groups is 1. The van der Waals surface area contributed by atoms with Crippen LogP contribution in [0.2, 0.25) is 0 Å². The maximum atomic E-state index is 12.0. The van der Waals surface area contributed by atoms with Crippen LogP contribution in [-0.4, -0.2) is 58.1 Å². The number of hydrogen-bond acceptors (Lipinski definition) is 4. The molecule has 18 heavy (non-hydrogen) atoms. The standard InChI is InChI=1S/C13H19N3O2/c1-10-7-15(2)13(18)12(9-17)16(10)8-11-4-3-5-14-6-11/h3-6,10,12,17H,7-9H2,1-2H3. The molecule has 0 spiro atoms. The quantitative estimate of drug-likeness (QED) is 0.826. The van der Waals surface area contributed by atoms with E-state index in [0.29, 0.717) is 13.1 Å². The summed E-state index contributed by atoms with van der Waals surface area (Å²) in [4.78, 5) is 19.8. The van der Waals surface area contributed by atoms with Gasteiger partial charge < -0.3 is 10.0 Å². The number of aliphatic hydroxyl groups excluding tert-OH is 1. The molecule has 0 bridgehead atoms. The first-order valence-corrected chi connectivity index (χ1v) is 6.14. The highest BCUT2D eigenvalue weighted by Gasteiger charge is 2.36. The van der Waals surface area contributed by atoms with Gasteiger partial charge in [0.25, 0.3) is 0 Å². The van der Waals surface area contributed by atoms with Crippen molar-refractivity contribution in [2.75, 3.05) is 20.2 Å². The third kappa shape index (κ3) is 2.52. The van der Waals surface area contributed by atoms with E-state index in [1.54, 1.807) is 24.3 Å². The highest BCUT2D eigenvalue weighted by atomic mass is 16.3. The van der Waals surface area contributed by atoms with Gasteiger partial charge in [0.2, 0.25) is 5.91 Å². The summed E-state index contributed by atoms with van der Waals surface area (Å²) >= 11 is 0. The van der Waals surface area contributed by atoms with Crippen LogP contribution in [0.5, 0.6) is 0 Å². The van der Waals surface area contributed by atoms with Crippen LogP contribution in [0.1, 0.15) is 12.5 Å². The Hall–Kier alpha value is -1.46. The molecule has 1 aromatic heterocycles. The largest absolute Gasteiger partial charge is 0.394 e. The molecule has 1 aliphatic heterocycles. The number of aromatic nitrogens is 1. The molecular weight excluding hydrogens is 230 g/mol. The highest BCUT2D eigenvalue weighted by molar-refractivity contribution is 5.82. The van der Waals surface area contributed by atoms with E-state index in [-0.39, 0.29) is 18.6 Å². The van der Waals surface area contributed by atoms with Crippen molar-refractivity contribution in [3.63, 3.8) is 0 Å². The summed E-state index contributed by atoms with van der Waals surface area (Å²) in [7, 11) is 1.78. The average Bonchev–Trinajstić information content (AvgIpc) is 2.37. The monoisotopic (exact) mass is 249 g/mol. The van der Waals surface area contributed by atoms with E-state index in [0.717, 1.165) is 5.56 Å². The second-order valence-electron chi connectivity index (χ2n) is 4.80. The number of aliphatic hydroxyl groups is 1. The molecule has 2 unspecified atom stereocenters. The van der Waals surface area contributed by atoms with E-state index in [1.165, 1.54) is 0 Å². The Kier molecular flexibility index (Phi) is 3.93. The summed E-state index contributed by atoms with van der Waals surface area (Å²) < 4.78 is 0. The normalized spacial score (nSPS) is 25.5. The number of likely N-dealkylation sites (N-methyl/N-ethyl adjacent to an activating group) is 1. The van der Waals surface area contributed by atoms with Crippen LogP contribution >= 0.6 is 0 Å². The van der Waals surface area contributed by atoms with Crippen molar-refractivity contribution < 1.29 is 9.90 Å². The molecule has 2 rings (SSSR count). The fourth-order valence-electron chi connectivity index (χ4n) is 2.45. The Labute approximate surface area is 107 Å². The zero-order chi connectivity index (χ0) is 13.1. The van der Waals surface area contributed by atoms with E-state index in [2.05, 4.69) is 11.9 Å². The number of rotatable bonds is 3. The smallest absolute Gasteiger partial charge is 0.242 e. The third-order valence-electron chi connectivity index (χ3n) is 3.43. The molecule has 1 fully saturated rings. The van der Waals surface area contributed by atoms with Gasteiger partial charge in [-0.05, 0) is 18.6 Å². The lowest BCUT2D eigenvalue weighted by atomic mass is 10.1. The molecule has 5 nitrogen and oxygen atoms in total. The molecule has 1 N–H and O–H groups in total. The third-order valence-corrected chi connectivity index (χ3v) is 3.43. The number of carbonyl (C=O) groups excluding carboxylic acids is 1. The van der Waals surface area contributed by atoms with Crippen LogP contribution in [-0.2, 0) is 11.3 Å². The molecular formula is C13H19N3O2. The highest BCUT2D eigenvalue weighted by Crippen LogP contribution is 2.18. The van der Waals surface area contributed by atoms with Crippen molar-refractivity contribution in [1.29, 1.82) is 0 Å². The summed E-state index contributed by atoms with van der Waals surface area (Å²) in [5.74, 6) is -0.0144. The van der Waals surface area contributed by atoms with Crippen LogP contribution in [0.15, 0.2) is 24.5 Å². The molecule has 1 aliphatic rings. The van der Waals surface area contributed by atoms with E-state index in [9.17, 15) is 9.90 Å². The van der Waals surface area contributed by atoms with Crippen LogP contribution < -0.4 is 0 Å². The van der Waals surface area contributed by atoms with Gasteiger partial charge in [-0.15, -0.1) is 0 Å². The van der Waals surface area contributed by atoms with Gasteiger partial charge in [0.15, 0.2) is 0 Å². The van der Waals surface area contributed by atoms with Gasteiger partial charge in [-0.1, -0.05) is 6.07 Å². The minimum absolute atomic E-state index is 0.0144. The predicted molar refractivity (Wildman–Crippen MR) is 67.8 cm³/mol. The molecule has 0 saturated carbocycles. The topological polar surface area (TPSA) is 56.7 Å². The van der Waals surface area contributed by atoms with E-state index in [1.807, 2.05) is 17.0 Å². The zero-order valence-electron chi connectivity index (χ0n) is 10.8. The van der Waals surface area contributed by atoms with Gasteiger partial charge in [0.1, 0.15) is 6.04 Å².